The number of alkyl halides is 3. The van der Waals surface area contributed by atoms with Crippen molar-refractivity contribution in [1.82, 2.24) is 24.6 Å². The number of aromatic nitrogens is 4. The topological polar surface area (TPSA) is 185 Å². The lowest BCUT2D eigenvalue weighted by molar-refractivity contribution is -0.149. The Morgan fingerprint density at radius 1 is 1.26 bits per heavy atom. The predicted octanol–water partition coefficient (Wildman–Crippen LogP) is 2.82. The molecule has 2 aromatic heterocycles. The van der Waals surface area contributed by atoms with Gasteiger partial charge in [-0.25, -0.2) is 22.7 Å². The Morgan fingerprint density at radius 3 is 2.57 bits per heavy atom. The SMILES string of the molecule is CNc1nc(N)nc2c1ncn2[C@@H]1O[C@H](CO[P@](=O)(N[C@H](C)C(=O)OC(C)C)Oc2ccccc2)[C@@H](O)[C@]1(F)C(F)F. The van der Waals surface area contributed by atoms with E-state index in [1.807, 2.05) is 0 Å². The molecule has 230 valence electrons. The number of esters is 1. The highest BCUT2D eigenvalue weighted by atomic mass is 31.2. The average molecular weight is 618 g/mol. The normalized spacial score (nSPS) is 24.6. The summed E-state index contributed by atoms with van der Waals surface area (Å²) in [6, 6.07) is 6.51. The molecule has 1 aromatic carbocycles. The van der Waals surface area contributed by atoms with Gasteiger partial charge in [0.1, 0.15) is 24.0 Å². The van der Waals surface area contributed by atoms with Crippen LogP contribution < -0.4 is 20.7 Å². The first-order chi connectivity index (χ1) is 19.8. The van der Waals surface area contributed by atoms with Gasteiger partial charge < -0.3 is 30.2 Å². The fourth-order valence-corrected chi connectivity index (χ4v) is 5.71. The van der Waals surface area contributed by atoms with Gasteiger partial charge >= 0.3 is 13.7 Å². The van der Waals surface area contributed by atoms with Crippen LogP contribution in [0, 0.1) is 0 Å². The fraction of sp³-hybridized carbons (Fsp3) is 0.500. The summed E-state index contributed by atoms with van der Waals surface area (Å²) in [4.78, 5) is 24.3. The minimum Gasteiger partial charge on any atom is -0.462 e. The molecular weight excluding hydrogens is 586 g/mol. The van der Waals surface area contributed by atoms with E-state index < -0.39 is 63.0 Å². The average Bonchev–Trinajstić information content (AvgIpc) is 3.45. The fourth-order valence-electron chi connectivity index (χ4n) is 4.21. The van der Waals surface area contributed by atoms with E-state index in [-0.39, 0.29) is 28.7 Å². The maximum Gasteiger partial charge on any atom is 0.459 e. The van der Waals surface area contributed by atoms with Crippen LogP contribution in [-0.2, 0) is 23.4 Å². The summed E-state index contributed by atoms with van der Waals surface area (Å²) in [5, 5.41) is 15.9. The molecule has 14 nitrogen and oxygen atoms in total. The van der Waals surface area contributed by atoms with Crippen molar-refractivity contribution in [1.29, 1.82) is 0 Å². The van der Waals surface area contributed by atoms with Crippen molar-refractivity contribution < 1.29 is 46.2 Å². The molecule has 0 unspecified atom stereocenters. The molecule has 0 aliphatic carbocycles. The molecule has 5 N–H and O–H groups in total. The van der Waals surface area contributed by atoms with Crippen LogP contribution in [0.5, 0.6) is 5.75 Å². The van der Waals surface area contributed by atoms with Crippen molar-refractivity contribution in [2.24, 2.45) is 0 Å². The van der Waals surface area contributed by atoms with Crippen LogP contribution in [-0.4, -0.2) is 80.7 Å². The largest absolute Gasteiger partial charge is 0.462 e. The molecule has 3 aromatic rings. The number of nitrogen functional groups attached to an aromatic ring is 1. The number of nitrogens with two attached hydrogens (primary N) is 1. The maximum atomic E-state index is 16.0. The van der Waals surface area contributed by atoms with E-state index in [1.54, 1.807) is 32.0 Å². The Balaban J connectivity index is 1.62. The molecule has 0 amide bonds. The van der Waals surface area contributed by atoms with Crippen LogP contribution in [0.1, 0.15) is 27.0 Å². The Morgan fingerprint density at radius 2 is 1.95 bits per heavy atom. The van der Waals surface area contributed by atoms with Crippen LogP contribution in [0.15, 0.2) is 36.7 Å². The summed E-state index contributed by atoms with van der Waals surface area (Å²) in [6.45, 7) is 3.68. The molecule has 18 heteroatoms. The zero-order valence-corrected chi connectivity index (χ0v) is 23.9. The minimum atomic E-state index is -4.49. The van der Waals surface area contributed by atoms with Crippen molar-refractivity contribution >= 4 is 36.6 Å². The smallest absolute Gasteiger partial charge is 0.459 e. The molecule has 6 atom stereocenters. The summed E-state index contributed by atoms with van der Waals surface area (Å²) in [5.74, 6) is -0.828. The van der Waals surface area contributed by atoms with Crippen molar-refractivity contribution in [2.75, 3.05) is 24.7 Å². The van der Waals surface area contributed by atoms with Gasteiger partial charge in [-0.1, -0.05) is 18.2 Å². The van der Waals surface area contributed by atoms with Crippen molar-refractivity contribution in [3.8, 4) is 5.75 Å². The van der Waals surface area contributed by atoms with E-state index in [1.165, 1.54) is 26.1 Å². The van der Waals surface area contributed by atoms with E-state index in [2.05, 4.69) is 25.4 Å². The number of benzene rings is 1. The van der Waals surface area contributed by atoms with Crippen LogP contribution >= 0.6 is 7.75 Å². The van der Waals surface area contributed by atoms with Crippen LogP contribution in [0.3, 0.4) is 0 Å². The molecule has 0 bridgehead atoms. The zero-order valence-electron chi connectivity index (χ0n) is 23.0. The number of carbonyl (C=O) groups excluding carboxylic acids is 1. The van der Waals surface area contributed by atoms with Crippen LogP contribution in [0.2, 0.25) is 0 Å². The first kappa shape index (κ1) is 31.4. The Labute approximate surface area is 238 Å². The molecular formula is C24H31F3N7O7P. The molecule has 0 radical (unpaired) electrons. The molecule has 3 heterocycles. The zero-order chi connectivity index (χ0) is 30.8. The monoisotopic (exact) mass is 617 g/mol. The number of aliphatic hydroxyl groups is 1. The number of hydrogen-bond acceptors (Lipinski definition) is 12. The molecule has 0 spiro atoms. The second-order valence-corrected chi connectivity index (χ2v) is 11.3. The number of halogens is 3. The number of anilines is 2. The third kappa shape index (κ3) is 6.29. The molecule has 0 saturated carbocycles. The lowest BCUT2D eigenvalue weighted by Crippen LogP contribution is -2.49. The number of hydrogen-bond donors (Lipinski definition) is 4. The van der Waals surface area contributed by atoms with Gasteiger partial charge in [0.15, 0.2) is 23.2 Å². The van der Waals surface area contributed by atoms with E-state index in [9.17, 15) is 23.2 Å². The van der Waals surface area contributed by atoms with Gasteiger partial charge in [-0.2, -0.15) is 15.1 Å². The summed E-state index contributed by atoms with van der Waals surface area (Å²) < 4.78 is 80.7. The number of para-hydroxylation sites is 1. The minimum absolute atomic E-state index is 0.0680. The lowest BCUT2D eigenvalue weighted by Gasteiger charge is -2.28. The molecule has 42 heavy (non-hydrogen) atoms. The Hall–Kier alpha value is -3.50. The first-order valence-corrected chi connectivity index (χ1v) is 14.3. The highest BCUT2D eigenvalue weighted by Crippen LogP contribution is 2.50. The van der Waals surface area contributed by atoms with Gasteiger partial charge in [0.05, 0.1) is 19.0 Å². The number of rotatable bonds is 12. The molecule has 1 aliphatic rings. The number of ether oxygens (including phenoxy) is 2. The Bertz CT molecular complexity index is 1450. The van der Waals surface area contributed by atoms with Gasteiger partial charge in [0.25, 0.3) is 6.43 Å². The summed E-state index contributed by atoms with van der Waals surface area (Å²) in [6.07, 6.45) is -9.67. The van der Waals surface area contributed by atoms with Gasteiger partial charge in [-0.15, -0.1) is 0 Å². The molecule has 1 fully saturated rings. The Kier molecular flexibility index (Phi) is 9.27. The second-order valence-electron chi connectivity index (χ2n) is 9.64. The third-order valence-electron chi connectivity index (χ3n) is 6.19. The number of fused-ring (bicyclic) bond motifs is 1. The highest BCUT2D eigenvalue weighted by Gasteiger charge is 2.64. The van der Waals surface area contributed by atoms with E-state index in [0.717, 1.165) is 10.9 Å². The standard InChI is InChI=1S/C24H31F3N7O7P/c1-12(2)39-20(36)13(3)33-42(37,41-14-8-6-5-7-9-14)38-10-15-17(35)24(27,21(25)26)22(40-15)34-11-30-16-18(29-4)31-23(28)32-19(16)34/h5-9,11-13,15,17,21-22,35H,10H2,1-4H3,(H,33,37)(H3,28,29,31,32)/t13-,15-,17-,22-,24+,42-/m1/s1. The third-order valence-corrected chi connectivity index (χ3v) is 7.83. The van der Waals surface area contributed by atoms with Gasteiger partial charge in [-0.05, 0) is 32.9 Å². The molecule has 1 saturated heterocycles. The van der Waals surface area contributed by atoms with Crippen molar-refractivity contribution in [2.45, 2.75) is 63.4 Å². The lowest BCUT2D eigenvalue weighted by atomic mass is 9.96. The maximum absolute atomic E-state index is 16.0. The number of carbonyl (C=O) groups is 1. The number of nitrogens with zero attached hydrogens (tertiary/aromatic N) is 4. The first-order valence-electron chi connectivity index (χ1n) is 12.7. The van der Waals surface area contributed by atoms with E-state index >= 15 is 4.39 Å². The van der Waals surface area contributed by atoms with Gasteiger partial charge in [-0.3, -0.25) is 13.9 Å². The quantitative estimate of drug-likeness (QED) is 0.172. The summed E-state index contributed by atoms with van der Waals surface area (Å²) in [5.41, 5.74) is 1.96. The molecule has 1 aliphatic heterocycles. The van der Waals surface area contributed by atoms with Crippen molar-refractivity contribution in [3.63, 3.8) is 0 Å². The van der Waals surface area contributed by atoms with Crippen LogP contribution in [0.25, 0.3) is 11.2 Å². The van der Waals surface area contributed by atoms with Gasteiger partial charge in [0, 0.05) is 7.05 Å². The number of imidazole rings is 1. The van der Waals surface area contributed by atoms with Crippen LogP contribution in [0.4, 0.5) is 24.9 Å². The van der Waals surface area contributed by atoms with Crippen molar-refractivity contribution in [3.05, 3.63) is 36.7 Å². The summed E-state index contributed by atoms with van der Waals surface area (Å²) >= 11 is 0. The second kappa shape index (κ2) is 12.4. The molecule has 4 rings (SSSR count). The van der Waals surface area contributed by atoms with E-state index in [0.29, 0.717) is 0 Å². The summed E-state index contributed by atoms with van der Waals surface area (Å²) in [7, 11) is -2.98. The van der Waals surface area contributed by atoms with Gasteiger partial charge in [0.2, 0.25) is 11.6 Å². The number of nitrogens with one attached hydrogen (secondary N) is 2. The number of aliphatic hydroxyl groups excluding tert-OH is 1. The van der Waals surface area contributed by atoms with E-state index in [4.69, 9.17) is 24.3 Å². The predicted molar refractivity (Wildman–Crippen MR) is 143 cm³/mol. The highest BCUT2D eigenvalue weighted by molar-refractivity contribution is 7.52.